The van der Waals surface area contributed by atoms with Crippen molar-refractivity contribution in [2.75, 3.05) is 19.7 Å². The molecule has 1 aromatic carbocycles. The lowest BCUT2D eigenvalue weighted by Gasteiger charge is -2.16. The van der Waals surface area contributed by atoms with E-state index >= 15 is 0 Å². The van der Waals surface area contributed by atoms with Crippen molar-refractivity contribution in [2.24, 2.45) is 0 Å². The number of unbranched alkanes of at least 4 members (excludes halogenated alkanes) is 1. The van der Waals surface area contributed by atoms with E-state index in [0.717, 1.165) is 49.2 Å². The number of rotatable bonds is 8. The number of ether oxygens (including phenoxy) is 1. The van der Waals surface area contributed by atoms with Crippen LogP contribution >= 0.6 is 0 Å². The minimum absolute atomic E-state index is 0.177. The molecule has 0 radical (unpaired) electrons. The van der Waals surface area contributed by atoms with Crippen LogP contribution in [0.25, 0.3) is 5.69 Å². The van der Waals surface area contributed by atoms with Crippen molar-refractivity contribution in [1.29, 1.82) is 0 Å². The van der Waals surface area contributed by atoms with Crippen LogP contribution < -0.4 is 10.1 Å². The Balaban J connectivity index is 1.65. The highest BCUT2D eigenvalue weighted by Crippen LogP contribution is 2.27. The van der Waals surface area contributed by atoms with E-state index in [0.29, 0.717) is 19.6 Å². The fourth-order valence-electron chi connectivity index (χ4n) is 3.18. The number of fused-ring (bicyclic) bond motifs is 1. The van der Waals surface area contributed by atoms with Gasteiger partial charge in [-0.3, -0.25) is 4.79 Å². The highest BCUT2D eigenvalue weighted by molar-refractivity contribution is 5.98. The maximum Gasteiger partial charge on any atom is 0.167 e. The number of halogens is 1. The van der Waals surface area contributed by atoms with E-state index in [9.17, 15) is 9.18 Å². The van der Waals surface area contributed by atoms with Crippen molar-refractivity contribution in [3.8, 4) is 11.4 Å². The van der Waals surface area contributed by atoms with Gasteiger partial charge in [0.1, 0.15) is 6.61 Å². The highest BCUT2D eigenvalue weighted by Gasteiger charge is 2.21. The number of benzene rings is 1. The minimum atomic E-state index is -0.379. The monoisotopic (exact) mass is 344 g/mol. The molecular weight excluding hydrogens is 319 g/mol. The van der Waals surface area contributed by atoms with Gasteiger partial charge in [0.25, 0.3) is 0 Å². The number of nitrogens with zero attached hydrogens (tertiary/aromatic N) is 1. The molecule has 1 aliphatic carbocycles. The van der Waals surface area contributed by atoms with Crippen LogP contribution in [0.2, 0.25) is 0 Å². The molecule has 2 aromatic rings. The molecule has 1 aromatic heterocycles. The fourth-order valence-corrected chi connectivity index (χ4v) is 3.18. The van der Waals surface area contributed by atoms with Crippen LogP contribution in [0.3, 0.4) is 0 Å². The summed E-state index contributed by atoms with van der Waals surface area (Å²) < 4.78 is 21.8. The molecule has 0 saturated heterocycles. The summed E-state index contributed by atoms with van der Waals surface area (Å²) in [5, 5.41) is 3.26. The second-order valence-electron chi connectivity index (χ2n) is 6.39. The van der Waals surface area contributed by atoms with E-state index in [1.807, 2.05) is 22.9 Å². The van der Waals surface area contributed by atoms with Crippen LogP contribution in [0.1, 0.15) is 48.7 Å². The Morgan fingerprint density at radius 1 is 1.24 bits per heavy atom. The number of carbonyl (C=O) groups excluding carboxylic acids is 1. The summed E-state index contributed by atoms with van der Waals surface area (Å²) in [6.45, 7) is 4.24. The summed E-state index contributed by atoms with van der Waals surface area (Å²) in [6, 6.07) is 6.80. The molecule has 0 fully saturated rings. The summed E-state index contributed by atoms with van der Waals surface area (Å²) in [4.78, 5) is 12.0. The van der Waals surface area contributed by atoms with Gasteiger partial charge in [-0.2, -0.15) is 0 Å². The third kappa shape index (κ3) is 4.10. The Kier molecular flexibility index (Phi) is 5.87. The minimum Gasteiger partial charge on any atom is -0.489 e. The fraction of sp³-hybridized carbons (Fsp3) is 0.450. The molecule has 5 heteroatoms. The first-order valence-corrected chi connectivity index (χ1v) is 9.07. The van der Waals surface area contributed by atoms with Crippen molar-refractivity contribution in [3.63, 3.8) is 0 Å². The standard InChI is InChI=1S/C20H25FN2O2/c1-2-3-10-22-11-13-25-20-8-7-15(14-17(20)21)23-12-9-16-18(23)5-4-6-19(16)24/h7-9,12,14,22H,2-6,10-11,13H2,1H3. The van der Waals surface area contributed by atoms with Crippen molar-refractivity contribution in [1.82, 2.24) is 9.88 Å². The summed E-state index contributed by atoms with van der Waals surface area (Å²) >= 11 is 0. The molecule has 1 heterocycles. The lowest BCUT2D eigenvalue weighted by Crippen LogP contribution is -2.22. The van der Waals surface area contributed by atoms with E-state index in [1.54, 1.807) is 6.07 Å². The molecular formula is C20H25FN2O2. The Morgan fingerprint density at radius 3 is 2.92 bits per heavy atom. The Labute approximate surface area is 148 Å². The molecule has 0 spiro atoms. The molecule has 1 aliphatic rings. The number of hydrogen-bond donors (Lipinski definition) is 1. The van der Waals surface area contributed by atoms with E-state index in [2.05, 4.69) is 12.2 Å². The quantitative estimate of drug-likeness (QED) is 0.739. The average Bonchev–Trinajstić information content (AvgIpc) is 3.04. The van der Waals surface area contributed by atoms with Gasteiger partial charge in [-0.1, -0.05) is 13.3 Å². The molecule has 0 saturated carbocycles. The lowest BCUT2D eigenvalue weighted by molar-refractivity contribution is 0.0972. The molecule has 0 atom stereocenters. The molecule has 134 valence electrons. The number of Topliss-reactive ketones (excluding diaryl/α,β-unsaturated/α-hetero) is 1. The topological polar surface area (TPSA) is 43.3 Å². The zero-order valence-corrected chi connectivity index (χ0v) is 14.7. The molecule has 0 amide bonds. The normalized spacial score (nSPS) is 13.8. The maximum absolute atomic E-state index is 14.4. The largest absolute Gasteiger partial charge is 0.489 e. The first-order chi connectivity index (χ1) is 12.2. The van der Waals surface area contributed by atoms with Crippen LogP contribution in [0.15, 0.2) is 30.5 Å². The number of carbonyl (C=O) groups is 1. The lowest BCUT2D eigenvalue weighted by atomic mass is 9.97. The van der Waals surface area contributed by atoms with Crippen molar-refractivity contribution in [3.05, 3.63) is 47.5 Å². The first kappa shape index (κ1) is 17.7. The van der Waals surface area contributed by atoms with Gasteiger partial charge in [-0.05, 0) is 44.0 Å². The van der Waals surface area contributed by atoms with E-state index < -0.39 is 0 Å². The third-order valence-corrected chi connectivity index (χ3v) is 4.55. The highest BCUT2D eigenvalue weighted by atomic mass is 19.1. The maximum atomic E-state index is 14.4. The van der Waals surface area contributed by atoms with E-state index in [-0.39, 0.29) is 17.3 Å². The SMILES string of the molecule is CCCCNCCOc1ccc(-n2ccc3c2CCCC3=O)cc1F. The van der Waals surface area contributed by atoms with Crippen molar-refractivity contribution < 1.29 is 13.9 Å². The van der Waals surface area contributed by atoms with Crippen LogP contribution in [-0.2, 0) is 6.42 Å². The van der Waals surface area contributed by atoms with Crippen LogP contribution in [0.5, 0.6) is 5.75 Å². The summed E-state index contributed by atoms with van der Waals surface area (Å²) in [6.07, 6.45) is 6.43. The Bertz CT molecular complexity index is 739. The average molecular weight is 344 g/mol. The third-order valence-electron chi connectivity index (χ3n) is 4.55. The van der Waals surface area contributed by atoms with Gasteiger partial charge < -0.3 is 14.6 Å². The second kappa shape index (κ2) is 8.30. The van der Waals surface area contributed by atoms with Crippen LogP contribution in [0, 0.1) is 5.82 Å². The molecule has 0 aliphatic heterocycles. The predicted molar refractivity (Wildman–Crippen MR) is 96.3 cm³/mol. The van der Waals surface area contributed by atoms with Gasteiger partial charge in [0.2, 0.25) is 0 Å². The smallest absolute Gasteiger partial charge is 0.167 e. The van der Waals surface area contributed by atoms with Gasteiger partial charge >= 0.3 is 0 Å². The molecule has 1 N–H and O–H groups in total. The van der Waals surface area contributed by atoms with Gasteiger partial charge in [-0.15, -0.1) is 0 Å². The molecule has 0 unspecified atom stereocenters. The van der Waals surface area contributed by atoms with E-state index in [1.165, 1.54) is 6.07 Å². The number of nitrogens with one attached hydrogen (secondary N) is 1. The Hall–Kier alpha value is -2.14. The molecule has 25 heavy (non-hydrogen) atoms. The van der Waals surface area contributed by atoms with Gasteiger partial charge in [0, 0.05) is 42.2 Å². The van der Waals surface area contributed by atoms with Crippen molar-refractivity contribution in [2.45, 2.75) is 39.0 Å². The first-order valence-electron chi connectivity index (χ1n) is 9.07. The van der Waals surface area contributed by atoms with Crippen LogP contribution in [-0.4, -0.2) is 30.0 Å². The number of ketones is 1. The van der Waals surface area contributed by atoms with E-state index in [4.69, 9.17) is 4.74 Å². The van der Waals surface area contributed by atoms with Gasteiger partial charge in [-0.25, -0.2) is 4.39 Å². The van der Waals surface area contributed by atoms with Gasteiger partial charge in [0.15, 0.2) is 17.3 Å². The molecule has 3 rings (SSSR count). The second-order valence-corrected chi connectivity index (χ2v) is 6.39. The molecule has 4 nitrogen and oxygen atoms in total. The summed E-state index contributed by atoms with van der Waals surface area (Å²) in [7, 11) is 0. The predicted octanol–water partition coefficient (Wildman–Crippen LogP) is 3.90. The zero-order valence-electron chi connectivity index (χ0n) is 14.7. The Morgan fingerprint density at radius 2 is 2.12 bits per heavy atom. The zero-order chi connectivity index (χ0) is 17.6. The number of hydrogen-bond acceptors (Lipinski definition) is 3. The van der Waals surface area contributed by atoms with Crippen LogP contribution in [0.4, 0.5) is 4.39 Å². The number of aromatic nitrogens is 1. The molecule has 0 bridgehead atoms. The summed E-state index contributed by atoms with van der Waals surface area (Å²) in [5.74, 6) is 0.0600. The van der Waals surface area contributed by atoms with Crippen molar-refractivity contribution >= 4 is 5.78 Å². The van der Waals surface area contributed by atoms with Gasteiger partial charge in [0.05, 0.1) is 0 Å². The summed E-state index contributed by atoms with van der Waals surface area (Å²) in [5.41, 5.74) is 2.47.